The Bertz CT molecular complexity index is 1840. The number of benzene rings is 3. The second-order valence-corrected chi connectivity index (χ2v) is 19.8. The summed E-state index contributed by atoms with van der Waals surface area (Å²) in [4.78, 5) is 44.0. The summed E-state index contributed by atoms with van der Waals surface area (Å²) < 4.78 is 17.9. The number of alkyl halides is 1. The van der Waals surface area contributed by atoms with Crippen LogP contribution in [0.15, 0.2) is 54.6 Å². The van der Waals surface area contributed by atoms with Crippen LogP contribution in [0.5, 0.6) is 0 Å². The average Bonchev–Trinajstić information content (AvgIpc) is 3.38. The number of ketones is 1. The molecule has 1 unspecified atom stereocenters. The van der Waals surface area contributed by atoms with Gasteiger partial charge < -0.3 is 29.3 Å². The highest BCUT2D eigenvalue weighted by Crippen LogP contribution is 2.50. The van der Waals surface area contributed by atoms with Crippen LogP contribution in [0.25, 0.3) is 0 Å². The number of carbonyl (C=O) groups is 3. The van der Waals surface area contributed by atoms with Gasteiger partial charge in [-0.3, -0.25) is 9.59 Å². The van der Waals surface area contributed by atoms with E-state index in [1.54, 1.807) is 19.1 Å². The second kappa shape index (κ2) is 15.3. The number of halogens is 1. The monoisotopic (exact) mass is 743 g/mol. The third-order valence-corrected chi connectivity index (χ3v) is 15.1. The minimum atomic E-state index is -2.34. The molecule has 9 nitrogen and oxygen atoms in total. The first-order chi connectivity index (χ1) is 25.1. The molecule has 2 fully saturated rings. The van der Waals surface area contributed by atoms with Crippen molar-refractivity contribution in [2.45, 2.75) is 57.7 Å². The van der Waals surface area contributed by atoms with Gasteiger partial charge in [-0.15, -0.1) is 11.6 Å². The van der Waals surface area contributed by atoms with Crippen LogP contribution in [0.1, 0.15) is 76.4 Å². The zero-order chi connectivity index (χ0) is 36.5. The lowest BCUT2D eigenvalue weighted by molar-refractivity contribution is -0.121. The fourth-order valence-corrected chi connectivity index (χ4v) is 11.4. The number of esters is 1. The van der Waals surface area contributed by atoms with Crippen molar-refractivity contribution >= 4 is 59.1 Å². The number of ether oxygens (including phenoxy) is 3. The minimum Gasteiger partial charge on any atom is -0.441 e. The predicted molar refractivity (Wildman–Crippen MR) is 208 cm³/mol. The van der Waals surface area contributed by atoms with Gasteiger partial charge >= 0.3 is 5.97 Å². The van der Waals surface area contributed by atoms with Gasteiger partial charge in [0, 0.05) is 78.8 Å². The molecule has 4 aliphatic rings. The van der Waals surface area contributed by atoms with Gasteiger partial charge in [-0.1, -0.05) is 38.1 Å². The molecule has 0 bridgehead atoms. The van der Waals surface area contributed by atoms with E-state index in [1.165, 1.54) is 22.5 Å². The standard InChI is InChI=1S/C41H50ClN3O6Si/c1-28(46)30-26-45(27-30)32-11-14-35-38(25-32)52(2,3)37-24-31(44-17-8-18-44)10-13-34(37)41(35)36-23-29(9-12-33(36)40(48)51-41)39(47)43-16-20-50-22-21-49-19-7-5-4-6-15-42/h9-14,23-25,30H,4-8,15-22,26-27H2,1-3H3,(H,43,47). The lowest BCUT2D eigenvalue weighted by atomic mass is 9.78. The number of nitrogens with one attached hydrogen (secondary N) is 1. The van der Waals surface area contributed by atoms with E-state index >= 15 is 0 Å². The van der Waals surface area contributed by atoms with Crippen LogP contribution >= 0.6 is 11.6 Å². The molecule has 276 valence electrons. The molecular formula is C41H50ClN3O6Si. The summed E-state index contributed by atoms with van der Waals surface area (Å²) in [6, 6.07) is 18.4. The van der Waals surface area contributed by atoms with E-state index in [0.717, 1.165) is 55.6 Å². The number of fused-ring (bicyclic) bond motifs is 6. The Morgan fingerprint density at radius 1 is 0.846 bits per heavy atom. The van der Waals surface area contributed by atoms with Gasteiger partial charge in [0.2, 0.25) is 0 Å². The molecule has 52 heavy (non-hydrogen) atoms. The van der Waals surface area contributed by atoms with Gasteiger partial charge in [0.15, 0.2) is 5.60 Å². The molecule has 4 heterocycles. The Kier molecular flexibility index (Phi) is 10.8. The molecule has 1 spiro atoms. The molecule has 2 saturated heterocycles. The van der Waals surface area contributed by atoms with Gasteiger partial charge in [0.05, 0.1) is 31.3 Å². The number of nitrogens with zero attached hydrogens (tertiary/aromatic N) is 2. The van der Waals surface area contributed by atoms with E-state index in [4.69, 9.17) is 25.8 Å². The highest BCUT2D eigenvalue weighted by Gasteiger charge is 2.56. The fourth-order valence-electron chi connectivity index (χ4n) is 8.03. The van der Waals surface area contributed by atoms with Crippen molar-refractivity contribution in [2.75, 3.05) is 74.8 Å². The van der Waals surface area contributed by atoms with Crippen molar-refractivity contribution in [1.29, 1.82) is 0 Å². The molecule has 4 aliphatic heterocycles. The zero-order valence-electron chi connectivity index (χ0n) is 30.6. The first-order valence-corrected chi connectivity index (χ1v) is 22.4. The Morgan fingerprint density at radius 2 is 1.50 bits per heavy atom. The number of Topliss-reactive ketones (excluding diaryl/α,β-unsaturated/α-hetero) is 1. The van der Waals surface area contributed by atoms with Crippen LogP contribution in [0.2, 0.25) is 13.1 Å². The summed E-state index contributed by atoms with van der Waals surface area (Å²) in [6.07, 6.45) is 5.48. The van der Waals surface area contributed by atoms with E-state index in [1.807, 2.05) is 6.07 Å². The van der Waals surface area contributed by atoms with Crippen molar-refractivity contribution in [1.82, 2.24) is 5.32 Å². The largest absolute Gasteiger partial charge is 0.441 e. The first kappa shape index (κ1) is 36.6. The van der Waals surface area contributed by atoms with E-state index in [-0.39, 0.29) is 17.6 Å². The number of carbonyl (C=O) groups excluding carboxylic acids is 3. The van der Waals surface area contributed by atoms with Gasteiger partial charge in [-0.2, -0.15) is 0 Å². The zero-order valence-corrected chi connectivity index (χ0v) is 32.4. The Balaban J connectivity index is 1.13. The predicted octanol–water partition coefficient (Wildman–Crippen LogP) is 5.08. The van der Waals surface area contributed by atoms with Crippen LogP contribution in [-0.4, -0.2) is 90.8 Å². The van der Waals surface area contributed by atoms with Crippen molar-refractivity contribution in [2.24, 2.45) is 5.92 Å². The van der Waals surface area contributed by atoms with Crippen molar-refractivity contribution < 1.29 is 28.6 Å². The molecular weight excluding hydrogens is 694 g/mol. The molecule has 0 radical (unpaired) electrons. The molecule has 1 atom stereocenters. The molecule has 0 aromatic heterocycles. The van der Waals surface area contributed by atoms with E-state index in [2.05, 4.69) is 64.6 Å². The lowest BCUT2D eigenvalue weighted by Crippen LogP contribution is -2.63. The SMILES string of the molecule is CC(=O)C1CN(c2ccc3c(c2)[Si](C)(C)c2cc(N4CCC4)ccc2C32OC(=O)c3ccc(C(=O)NCCOCCOCCCCCCCl)cc32)C1. The molecule has 0 saturated carbocycles. The fraction of sp³-hybridized carbons (Fsp3) is 0.488. The Labute approximate surface area is 312 Å². The summed E-state index contributed by atoms with van der Waals surface area (Å²) in [5, 5.41) is 5.42. The third kappa shape index (κ3) is 6.79. The van der Waals surface area contributed by atoms with Gasteiger partial charge in [0.25, 0.3) is 5.91 Å². The summed E-state index contributed by atoms with van der Waals surface area (Å²) in [7, 11) is -2.34. The second-order valence-electron chi connectivity index (χ2n) is 15.1. The van der Waals surface area contributed by atoms with Crippen LogP contribution in [-0.2, 0) is 24.6 Å². The van der Waals surface area contributed by atoms with Gasteiger partial charge in [0.1, 0.15) is 13.9 Å². The summed E-state index contributed by atoms with van der Waals surface area (Å²) in [5.74, 6) is 0.366. The lowest BCUT2D eigenvalue weighted by Gasteiger charge is -2.46. The Hall–Kier alpha value is -3.70. The maximum absolute atomic E-state index is 13.8. The molecule has 1 amide bonds. The number of rotatable bonds is 16. The maximum atomic E-state index is 13.8. The number of anilines is 2. The molecule has 7 rings (SSSR count). The first-order valence-electron chi connectivity index (χ1n) is 18.8. The minimum absolute atomic E-state index is 0.0618. The summed E-state index contributed by atoms with van der Waals surface area (Å²) in [5.41, 5.74) is 4.64. The molecule has 0 aliphatic carbocycles. The summed E-state index contributed by atoms with van der Waals surface area (Å²) in [6.45, 7) is 12.3. The topological polar surface area (TPSA) is 97.4 Å². The Morgan fingerprint density at radius 3 is 2.13 bits per heavy atom. The highest BCUT2D eigenvalue weighted by molar-refractivity contribution is 7.01. The smallest absolute Gasteiger partial charge is 0.340 e. The van der Waals surface area contributed by atoms with Crippen LogP contribution in [0.3, 0.4) is 0 Å². The van der Waals surface area contributed by atoms with Crippen LogP contribution in [0, 0.1) is 5.92 Å². The molecule has 11 heteroatoms. The van der Waals surface area contributed by atoms with Crippen molar-refractivity contribution in [3.05, 3.63) is 82.4 Å². The van der Waals surface area contributed by atoms with Crippen molar-refractivity contribution in [3.8, 4) is 0 Å². The number of amides is 1. The third-order valence-electron chi connectivity index (χ3n) is 11.4. The number of hydrogen-bond donors (Lipinski definition) is 1. The van der Waals surface area contributed by atoms with E-state index in [9.17, 15) is 14.4 Å². The van der Waals surface area contributed by atoms with E-state index in [0.29, 0.717) is 68.6 Å². The normalized spacial score (nSPS) is 19.7. The molecule has 3 aromatic carbocycles. The van der Waals surface area contributed by atoms with Crippen molar-refractivity contribution in [3.63, 3.8) is 0 Å². The number of unbranched alkanes of at least 4 members (excludes halogenated alkanes) is 3. The van der Waals surface area contributed by atoms with Gasteiger partial charge in [-0.25, -0.2) is 4.79 Å². The van der Waals surface area contributed by atoms with Crippen LogP contribution < -0.4 is 25.5 Å². The average molecular weight is 744 g/mol. The summed E-state index contributed by atoms with van der Waals surface area (Å²) >= 11 is 5.72. The quantitative estimate of drug-likeness (QED) is 0.0940. The number of hydrogen-bond acceptors (Lipinski definition) is 8. The molecule has 3 aromatic rings. The van der Waals surface area contributed by atoms with E-state index < -0.39 is 19.6 Å². The van der Waals surface area contributed by atoms with Crippen LogP contribution in [0.4, 0.5) is 11.4 Å². The highest BCUT2D eigenvalue weighted by atomic mass is 35.5. The van der Waals surface area contributed by atoms with Gasteiger partial charge in [-0.05, 0) is 79.0 Å². The maximum Gasteiger partial charge on any atom is 0.340 e. The molecule has 1 N–H and O–H groups in total.